The van der Waals surface area contributed by atoms with Gasteiger partial charge in [-0.2, -0.15) is 16.3 Å². The molecule has 0 saturated carbocycles. The first-order chi connectivity index (χ1) is 14.1. The van der Waals surface area contributed by atoms with Gasteiger partial charge in [-0.25, -0.2) is 4.39 Å². The van der Waals surface area contributed by atoms with Crippen LogP contribution in [0.1, 0.15) is 17.9 Å². The molecule has 0 atom stereocenters. The quantitative estimate of drug-likeness (QED) is 0.459. The lowest BCUT2D eigenvalue weighted by atomic mass is 10.1. The number of hydrogen-bond acceptors (Lipinski definition) is 5. The molecular weight excluding hydrogens is 389 g/mol. The third kappa shape index (κ3) is 4.57. The zero-order valence-corrected chi connectivity index (χ0v) is 16.5. The summed E-state index contributed by atoms with van der Waals surface area (Å²) in [6.45, 7) is 1.68. The molecule has 0 saturated heterocycles. The van der Waals surface area contributed by atoms with Gasteiger partial charge in [-0.15, -0.1) is 0 Å². The summed E-state index contributed by atoms with van der Waals surface area (Å²) in [6, 6.07) is 14.4. The highest BCUT2D eigenvalue weighted by atomic mass is 32.1. The number of benzene rings is 2. The molecule has 0 radical (unpaired) electrons. The summed E-state index contributed by atoms with van der Waals surface area (Å²) < 4.78 is 18.6. The van der Waals surface area contributed by atoms with Crippen molar-refractivity contribution < 1.29 is 13.7 Å². The van der Waals surface area contributed by atoms with Crippen LogP contribution in [0.4, 0.5) is 10.1 Å². The molecule has 29 heavy (non-hydrogen) atoms. The minimum absolute atomic E-state index is 0.134. The molecule has 1 N–H and O–H groups in total. The molecule has 0 spiro atoms. The molecule has 4 aromatic rings. The standard InChI is InChI=1S/C22H18FN3O2S/c1-14-11-16(5-6-19(14)23)22-25-21(28-26-22)8-7-20(27)24-18-4-2-3-15(12-18)17-9-10-29-13-17/h2-6,9-13H,7-8H2,1H3,(H,24,27). The van der Waals surface area contributed by atoms with Crippen LogP contribution in [0.3, 0.4) is 0 Å². The molecule has 0 aliphatic heterocycles. The van der Waals surface area contributed by atoms with Gasteiger partial charge >= 0.3 is 0 Å². The van der Waals surface area contributed by atoms with E-state index >= 15 is 0 Å². The lowest BCUT2D eigenvalue weighted by Crippen LogP contribution is -2.12. The van der Waals surface area contributed by atoms with Crippen molar-refractivity contribution in [3.63, 3.8) is 0 Å². The Balaban J connectivity index is 1.36. The van der Waals surface area contributed by atoms with Gasteiger partial charge in [0, 0.05) is 24.1 Å². The normalized spacial score (nSPS) is 10.8. The number of aryl methyl sites for hydroxylation is 2. The molecule has 1 amide bonds. The largest absolute Gasteiger partial charge is 0.339 e. The summed E-state index contributed by atoms with van der Waals surface area (Å²) in [7, 11) is 0. The third-order valence-corrected chi connectivity index (χ3v) is 5.13. The van der Waals surface area contributed by atoms with Crippen LogP contribution in [-0.4, -0.2) is 16.0 Å². The van der Waals surface area contributed by atoms with Crippen molar-refractivity contribution in [3.8, 4) is 22.5 Å². The summed E-state index contributed by atoms with van der Waals surface area (Å²) in [4.78, 5) is 16.6. The summed E-state index contributed by atoms with van der Waals surface area (Å²) >= 11 is 1.63. The van der Waals surface area contributed by atoms with Gasteiger partial charge in [0.25, 0.3) is 0 Å². The van der Waals surface area contributed by atoms with E-state index in [-0.39, 0.29) is 18.1 Å². The van der Waals surface area contributed by atoms with Crippen LogP contribution in [-0.2, 0) is 11.2 Å². The molecule has 7 heteroatoms. The number of nitrogens with zero attached hydrogens (tertiary/aromatic N) is 2. The molecule has 2 aromatic heterocycles. The van der Waals surface area contributed by atoms with Crippen LogP contribution in [0.2, 0.25) is 0 Å². The smallest absolute Gasteiger partial charge is 0.227 e. The van der Waals surface area contributed by atoms with Gasteiger partial charge in [0.1, 0.15) is 5.82 Å². The minimum Gasteiger partial charge on any atom is -0.339 e. The van der Waals surface area contributed by atoms with Crippen LogP contribution in [0.25, 0.3) is 22.5 Å². The van der Waals surface area contributed by atoms with E-state index in [1.54, 1.807) is 30.4 Å². The van der Waals surface area contributed by atoms with E-state index in [1.807, 2.05) is 35.7 Å². The van der Waals surface area contributed by atoms with Gasteiger partial charge in [0.15, 0.2) is 0 Å². The van der Waals surface area contributed by atoms with E-state index in [0.717, 1.165) is 16.8 Å². The average Bonchev–Trinajstić information content (AvgIpc) is 3.41. The van der Waals surface area contributed by atoms with E-state index < -0.39 is 0 Å². The second-order valence-corrected chi connectivity index (χ2v) is 7.40. The van der Waals surface area contributed by atoms with E-state index in [2.05, 4.69) is 20.8 Å². The second kappa shape index (κ2) is 8.36. The van der Waals surface area contributed by atoms with Crippen LogP contribution in [0.5, 0.6) is 0 Å². The number of anilines is 1. The highest BCUT2D eigenvalue weighted by Crippen LogP contribution is 2.25. The summed E-state index contributed by atoms with van der Waals surface area (Å²) in [6.07, 6.45) is 0.538. The Hall–Kier alpha value is -3.32. The predicted molar refractivity (Wildman–Crippen MR) is 111 cm³/mol. The molecule has 146 valence electrons. The second-order valence-electron chi connectivity index (χ2n) is 6.62. The highest BCUT2D eigenvalue weighted by Gasteiger charge is 2.12. The molecule has 4 rings (SSSR count). The van der Waals surface area contributed by atoms with Gasteiger partial charge < -0.3 is 9.84 Å². The number of aromatic nitrogens is 2. The van der Waals surface area contributed by atoms with Gasteiger partial charge in [-0.05, 0) is 70.8 Å². The Morgan fingerprint density at radius 3 is 2.83 bits per heavy atom. The topological polar surface area (TPSA) is 68.0 Å². The average molecular weight is 407 g/mol. The molecule has 5 nitrogen and oxygen atoms in total. The molecule has 0 aliphatic carbocycles. The Morgan fingerprint density at radius 1 is 1.14 bits per heavy atom. The Bertz CT molecular complexity index is 1140. The van der Waals surface area contributed by atoms with Gasteiger partial charge in [0.05, 0.1) is 0 Å². The molecule has 0 aliphatic rings. The van der Waals surface area contributed by atoms with Crippen molar-refractivity contribution in [1.29, 1.82) is 0 Å². The SMILES string of the molecule is Cc1cc(-c2noc(CCC(=O)Nc3cccc(-c4ccsc4)c3)n2)ccc1F. The first-order valence-electron chi connectivity index (χ1n) is 9.10. The summed E-state index contributed by atoms with van der Waals surface area (Å²) in [5.74, 6) is 0.332. The summed E-state index contributed by atoms with van der Waals surface area (Å²) in [5, 5.41) is 10.9. The van der Waals surface area contributed by atoms with Crippen molar-refractivity contribution in [2.24, 2.45) is 0 Å². The van der Waals surface area contributed by atoms with Crippen LogP contribution >= 0.6 is 11.3 Å². The first kappa shape index (κ1) is 19.0. The molecule has 0 bridgehead atoms. The number of carbonyl (C=O) groups is 1. The van der Waals surface area contributed by atoms with E-state index in [0.29, 0.717) is 29.3 Å². The van der Waals surface area contributed by atoms with Gasteiger partial charge in [-0.1, -0.05) is 17.3 Å². The minimum atomic E-state index is -0.280. The van der Waals surface area contributed by atoms with Crippen molar-refractivity contribution in [3.05, 3.63) is 76.6 Å². The van der Waals surface area contributed by atoms with Gasteiger partial charge in [-0.3, -0.25) is 4.79 Å². The zero-order chi connectivity index (χ0) is 20.2. The number of thiophene rings is 1. The van der Waals surface area contributed by atoms with Crippen molar-refractivity contribution >= 4 is 22.9 Å². The van der Waals surface area contributed by atoms with Crippen molar-refractivity contribution in [2.45, 2.75) is 19.8 Å². The van der Waals surface area contributed by atoms with Crippen LogP contribution < -0.4 is 5.32 Å². The molecule has 2 aromatic carbocycles. The highest BCUT2D eigenvalue weighted by molar-refractivity contribution is 7.08. The Labute approximate surface area is 171 Å². The number of halogens is 1. The van der Waals surface area contributed by atoms with Crippen LogP contribution in [0, 0.1) is 12.7 Å². The number of rotatable bonds is 6. The number of amides is 1. The van der Waals surface area contributed by atoms with E-state index in [9.17, 15) is 9.18 Å². The predicted octanol–water partition coefficient (Wildman–Crippen LogP) is 5.48. The fourth-order valence-electron chi connectivity index (χ4n) is 2.91. The molecule has 0 unspecified atom stereocenters. The van der Waals surface area contributed by atoms with Crippen molar-refractivity contribution in [1.82, 2.24) is 10.1 Å². The van der Waals surface area contributed by atoms with E-state index in [4.69, 9.17) is 4.52 Å². The summed E-state index contributed by atoms with van der Waals surface area (Å²) in [5.41, 5.74) is 4.11. The maximum Gasteiger partial charge on any atom is 0.227 e. The number of carbonyl (C=O) groups excluding carboxylic acids is 1. The van der Waals surface area contributed by atoms with Gasteiger partial charge in [0.2, 0.25) is 17.6 Å². The number of hydrogen-bond donors (Lipinski definition) is 1. The van der Waals surface area contributed by atoms with Crippen LogP contribution in [0.15, 0.2) is 63.8 Å². The fraction of sp³-hybridized carbons (Fsp3) is 0.136. The fourth-order valence-corrected chi connectivity index (χ4v) is 3.57. The monoisotopic (exact) mass is 407 g/mol. The maximum atomic E-state index is 13.4. The molecular formula is C22H18FN3O2S. The third-order valence-electron chi connectivity index (χ3n) is 4.45. The molecule has 2 heterocycles. The lowest BCUT2D eigenvalue weighted by Gasteiger charge is -2.06. The zero-order valence-electron chi connectivity index (χ0n) is 15.7. The molecule has 0 fully saturated rings. The Kier molecular flexibility index (Phi) is 5.48. The van der Waals surface area contributed by atoms with Crippen molar-refractivity contribution in [2.75, 3.05) is 5.32 Å². The first-order valence-corrected chi connectivity index (χ1v) is 10.0. The van der Waals surface area contributed by atoms with E-state index in [1.165, 1.54) is 6.07 Å². The Morgan fingerprint density at radius 2 is 2.03 bits per heavy atom. The lowest BCUT2D eigenvalue weighted by molar-refractivity contribution is -0.116. The maximum absolute atomic E-state index is 13.4. The number of nitrogens with one attached hydrogen (secondary N) is 1.